The van der Waals surface area contributed by atoms with Crippen molar-refractivity contribution in [2.75, 3.05) is 36.5 Å². The van der Waals surface area contributed by atoms with Crippen LogP contribution >= 0.6 is 0 Å². The van der Waals surface area contributed by atoms with E-state index in [4.69, 9.17) is 10.5 Å². The molecule has 148 valence electrons. The molecular formula is C22H24N6O. The molecule has 1 atom stereocenters. The van der Waals surface area contributed by atoms with E-state index in [0.29, 0.717) is 11.4 Å². The van der Waals surface area contributed by atoms with Crippen LogP contribution in [0.25, 0.3) is 10.8 Å². The van der Waals surface area contributed by atoms with Gasteiger partial charge in [0.15, 0.2) is 5.82 Å². The number of ether oxygens (including phenoxy) is 1. The van der Waals surface area contributed by atoms with Crippen molar-refractivity contribution < 1.29 is 4.74 Å². The van der Waals surface area contributed by atoms with E-state index in [0.717, 1.165) is 59.6 Å². The molecule has 3 aromatic rings. The molecule has 0 radical (unpaired) electrons. The first-order chi connectivity index (χ1) is 14.1. The summed E-state index contributed by atoms with van der Waals surface area (Å²) in [6.07, 6.45) is -0.504. The van der Waals surface area contributed by atoms with Crippen LogP contribution in [-0.2, 0) is 4.74 Å². The lowest BCUT2D eigenvalue weighted by Crippen LogP contribution is -2.36. The summed E-state index contributed by atoms with van der Waals surface area (Å²) in [5, 5.41) is 23.3. The summed E-state index contributed by atoms with van der Waals surface area (Å²) >= 11 is 0. The van der Waals surface area contributed by atoms with Crippen molar-refractivity contribution in [1.29, 1.82) is 5.26 Å². The number of nitrogens with two attached hydrogens (primary N) is 1. The molecule has 3 N–H and O–H groups in total. The van der Waals surface area contributed by atoms with E-state index in [2.05, 4.69) is 44.7 Å². The molecule has 2 aromatic carbocycles. The largest absolute Gasteiger partial charge is 0.378 e. The van der Waals surface area contributed by atoms with Gasteiger partial charge in [0, 0.05) is 29.5 Å². The van der Waals surface area contributed by atoms with E-state index >= 15 is 0 Å². The predicted molar refractivity (Wildman–Crippen MR) is 114 cm³/mol. The highest BCUT2D eigenvalue weighted by atomic mass is 16.5. The Bertz CT molecular complexity index is 1080. The van der Waals surface area contributed by atoms with Gasteiger partial charge in [0.2, 0.25) is 0 Å². The summed E-state index contributed by atoms with van der Waals surface area (Å²) in [4.78, 5) is 2.31. The number of rotatable bonds is 4. The zero-order valence-corrected chi connectivity index (χ0v) is 16.6. The lowest BCUT2D eigenvalue weighted by Gasteiger charge is -2.29. The number of benzene rings is 2. The minimum atomic E-state index is -0.504. The molecule has 7 nitrogen and oxygen atoms in total. The second-order valence-electron chi connectivity index (χ2n) is 7.22. The van der Waals surface area contributed by atoms with Crippen LogP contribution in [0.2, 0.25) is 0 Å². The monoisotopic (exact) mass is 388 g/mol. The molecule has 29 heavy (non-hydrogen) atoms. The Hall–Kier alpha value is -3.21. The highest BCUT2D eigenvalue weighted by Gasteiger charge is 2.17. The smallest absolute Gasteiger partial charge is 0.158 e. The molecule has 0 amide bonds. The molecule has 7 heteroatoms. The quantitative estimate of drug-likeness (QED) is 0.663. The van der Waals surface area contributed by atoms with E-state index in [1.807, 2.05) is 26.0 Å². The van der Waals surface area contributed by atoms with Gasteiger partial charge in [-0.1, -0.05) is 18.2 Å². The number of fused-ring (bicyclic) bond motifs is 1. The van der Waals surface area contributed by atoms with Gasteiger partial charge in [-0.2, -0.15) is 10.4 Å². The molecule has 1 fully saturated rings. The zero-order valence-electron chi connectivity index (χ0n) is 16.6. The topological polar surface area (TPSA) is 100 Å². The fraction of sp³-hybridized carbons (Fsp3) is 0.318. The average Bonchev–Trinajstić information content (AvgIpc) is 2.76. The van der Waals surface area contributed by atoms with Crippen molar-refractivity contribution >= 4 is 22.3 Å². The number of aromatic nitrogens is 2. The maximum atomic E-state index is 9.29. The first kappa shape index (κ1) is 19.1. The maximum absolute atomic E-state index is 9.29. The third kappa shape index (κ3) is 3.73. The SMILES string of the molecule is Cc1c(C#N)cccc1[C@@H](N)Nc1nnc(C)c2ccc(N3CCOCC3)cc12. The third-order valence-corrected chi connectivity index (χ3v) is 5.45. The van der Waals surface area contributed by atoms with E-state index in [-0.39, 0.29) is 0 Å². The van der Waals surface area contributed by atoms with Gasteiger partial charge in [-0.15, -0.1) is 5.10 Å². The van der Waals surface area contributed by atoms with Gasteiger partial charge in [0.05, 0.1) is 30.5 Å². The van der Waals surface area contributed by atoms with Gasteiger partial charge in [-0.3, -0.25) is 0 Å². The van der Waals surface area contributed by atoms with Crippen molar-refractivity contribution in [2.45, 2.75) is 20.0 Å². The number of nitrogens with one attached hydrogen (secondary N) is 1. The Morgan fingerprint density at radius 3 is 2.69 bits per heavy atom. The summed E-state index contributed by atoms with van der Waals surface area (Å²) in [6, 6.07) is 14.1. The van der Waals surface area contributed by atoms with Crippen molar-refractivity contribution in [3.63, 3.8) is 0 Å². The molecule has 1 aliphatic heterocycles. The molecule has 4 rings (SSSR count). The van der Waals surface area contributed by atoms with Gasteiger partial charge in [0.25, 0.3) is 0 Å². The Morgan fingerprint density at radius 2 is 1.93 bits per heavy atom. The van der Waals surface area contributed by atoms with Gasteiger partial charge < -0.3 is 20.7 Å². The van der Waals surface area contributed by atoms with Crippen LogP contribution in [0.5, 0.6) is 0 Å². The summed E-state index contributed by atoms with van der Waals surface area (Å²) in [6.45, 7) is 7.06. The van der Waals surface area contributed by atoms with Crippen LogP contribution < -0.4 is 16.0 Å². The lowest BCUT2D eigenvalue weighted by atomic mass is 10.0. The molecule has 0 aliphatic carbocycles. The average molecular weight is 388 g/mol. The zero-order chi connectivity index (χ0) is 20.4. The van der Waals surface area contributed by atoms with Crippen molar-refractivity contribution in [3.05, 3.63) is 58.8 Å². The number of hydrogen-bond donors (Lipinski definition) is 2. The minimum absolute atomic E-state index is 0.504. The Kier molecular flexibility index (Phi) is 5.30. The molecular weight excluding hydrogens is 364 g/mol. The van der Waals surface area contributed by atoms with Crippen LogP contribution in [0.3, 0.4) is 0 Å². The number of nitrogens with zero attached hydrogens (tertiary/aromatic N) is 4. The van der Waals surface area contributed by atoms with E-state index in [1.54, 1.807) is 6.07 Å². The molecule has 0 saturated carbocycles. The van der Waals surface area contributed by atoms with Gasteiger partial charge in [-0.25, -0.2) is 0 Å². The number of hydrogen-bond acceptors (Lipinski definition) is 7. The van der Waals surface area contributed by atoms with E-state index in [1.165, 1.54) is 0 Å². The number of nitriles is 1. The molecule has 1 aromatic heterocycles. The van der Waals surface area contributed by atoms with Crippen molar-refractivity contribution in [3.8, 4) is 6.07 Å². The summed E-state index contributed by atoms with van der Waals surface area (Å²) in [5.74, 6) is 0.634. The highest BCUT2D eigenvalue weighted by Crippen LogP contribution is 2.30. The van der Waals surface area contributed by atoms with Gasteiger partial charge >= 0.3 is 0 Å². The van der Waals surface area contributed by atoms with Crippen molar-refractivity contribution in [1.82, 2.24) is 10.2 Å². The number of anilines is 2. The first-order valence-corrected chi connectivity index (χ1v) is 9.70. The summed E-state index contributed by atoms with van der Waals surface area (Å²) in [7, 11) is 0. The van der Waals surface area contributed by atoms with E-state index < -0.39 is 6.17 Å². The number of morpholine rings is 1. The second-order valence-corrected chi connectivity index (χ2v) is 7.22. The number of aryl methyl sites for hydroxylation is 1. The molecule has 2 heterocycles. The van der Waals surface area contributed by atoms with Crippen LogP contribution in [-0.4, -0.2) is 36.5 Å². The Labute approximate surface area is 170 Å². The van der Waals surface area contributed by atoms with Crippen LogP contribution in [0, 0.1) is 25.2 Å². The van der Waals surface area contributed by atoms with Crippen LogP contribution in [0.1, 0.15) is 28.6 Å². The van der Waals surface area contributed by atoms with Crippen LogP contribution in [0.4, 0.5) is 11.5 Å². The minimum Gasteiger partial charge on any atom is -0.378 e. The standard InChI is InChI=1S/C22H24N6O/c1-14-16(13-23)4-3-5-18(14)21(24)25-22-20-12-17(28-8-10-29-11-9-28)6-7-19(20)15(2)26-27-22/h3-7,12,21H,8-11,24H2,1-2H3,(H,25,27)/t21-/m0/s1. The second kappa shape index (κ2) is 8.03. The first-order valence-electron chi connectivity index (χ1n) is 9.70. The summed E-state index contributed by atoms with van der Waals surface area (Å²) < 4.78 is 5.47. The predicted octanol–water partition coefficient (Wildman–Crippen LogP) is 3.02. The summed E-state index contributed by atoms with van der Waals surface area (Å²) in [5.41, 5.74) is 10.8. The lowest BCUT2D eigenvalue weighted by molar-refractivity contribution is 0.122. The molecule has 0 unspecified atom stereocenters. The molecule has 0 spiro atoms. The third-order valence-electron chi connectivity index (χ3n) is 5.45. The Morgan fingerprint density at radius 1 is 1.14 bits per heavy atom. The van der Waals surface area contributed by atoms with Gasteiger partial charge in [-0.05, 0) is 43.2 Å². The van der Waals surface area contributed by atoms with E-state index in [9.17, 15) is 5.26 Å². The van der Waals surface area contributed by atoms with Crippen LogP contribution in [0.15, 0.2) is 36.4 Å². The fourth-order valence-electron chi connectivity index (χ4n) is 3.74. The molecule has 1 saturated heterocycles. The maximum Gasteiger partial charge on any atom is 0.158 e. The molecule has 1 aliphatic rings. The molecule has 0 bridgehead atoms. The normalized spacial score (nSPS) is 15.2. The Balaban J connectivity index is 1.71. The highest BCUT2D eigenvalue weighted by molar-refractivity contribution is 5.95. The van der Waals surface area contributed by atoms with Crippen molar-refractivity contribution in [2.24, 2.45) is 5.73 Å². The fourth-order valence-corrected chi connectivity index (χ4v) is 3.74. The van der Waals surface area contributed by atoms with Gasteiger partial charge in [0.1, 0.15) is 6.17 Å².